The van der Waals surface area contributed by atoms with Gasteiger partial charge in [0, 0.05) is 17.1 Å². The van der Waals surface area contributed by atoms with Crippen molar-refractivity contribution in [2.75, 3.05) is 6.54 Å². The van der Waals surface area contributed by atoms with Gasteiger partial charge in [-0.15, -0.1) is 0 Å². The Morgan fingerprint density at radius 3 is 2.53 bits per heavy atom. The van der Waals surface area contributed by atoms with Gasteiger partial charge in [-0.05, 0) is 40.4 Å². The molecule has 1 aromatic rings. The summed E-state index contributed by atoms with van der Waals surface area (Å²) in [6.07, 6.45) is 0.678. The number of hydrogen-bond acceptors (Lipinski definition) is 3. The zero-order chi connectivity index (χ0) is 14.6. The molecule has 0 heterocycles. The number of nitrogens with two attached hydrogens (primary N) is 1. The second-order valence-corrected chi connectivity index (χ2v) is 7.65. The smallest absolute Gasteiger partial charge is 0.243 e. The van der Waals surface area contributed by atoms with Gasteiger partial charge < -0.3 is 5.73 Å². The molecule has 0 spiro atoms. The van der Waals surface area contributed by atoms with Crippen LogP contribution in [0.4, 0.5) is 0 Å². The molecule has 0 aliphatic heterocycles. The second kappa shape index (κ2) is 7.04. The SMILES string of the molecule is CC(C)CC(CN)NS(=O)(=O)c1c(Cl)cccc1Br. The standard InChI is InChI=1S/C12H18BrClN2O2S/c1-8(2)6-9(7-15)16-19(17,18)12-10(13)4-3-5-11(12)14/h3-5,8-9,16H,6-7,15H2,1-2H3. The number of halogens is 2. The minimum Gasteiger partial charge on any atom is -0.329 e. The monoisotopic (exact) mass is 368 g/mol. The minimum atomic E-state index is -3.69. The van der Waals surface area contributed by atoms with Crippen LogP contribution in [0.5, 0.6) is 0 Å². The first-order chi connectivity index (χ1) is 8.77. The Labute approximate surface area is 127 Å². The summed E-state index contributed by atoms with van der Waals surface area (Å²) < 4.78 is 27.7. The summed E-state index contributed by atoms with van der Waals surface area (Å²) in [6, 6.07) is 4.56. The highest BCUT2D eigenvalue weighted by Crippen LogP contribution is 2.29. The first-order valence-corrected chi connectivity index (χ1v) is 8.59. The molecule has 19 heavy (non-hydrogen) atoms. The summed E-state index contributed by atoms with van der Waals surface area (Å²) >= 11 is 9.18. The van der Waals surface area contributed by atoms with E-state index in [1.165, 1.54) is 0 Å². The highest BCUT2D eigenvalue weighted by atomic mass is 79.9. The lowest BCUT2D eigenvalue weighted by Gasteiger charge is -2.19. The first kappa shape index (κ1) is 16.9. The highest BCUT2D eigenvalue weighted by Gasteiger charge is 2.24. The zero-order valence-corrected chi connectivity index (χ0v) is 14.0. The van der Waals surface area contributed by atoms with Gasteiger partial charge in [0.2, 0.25) is 10.0 Å². The number of nitrogens with one attached hydrogen (secondary N) is 1. The van der Waals surface area contributed by atoms with Crippen molar-refractivity contribution < 1.29 is 8.42 Å². The summed E-state index contributed by atoms with van der Waals surface area (Å²) in [5.41, 5.74) is 5.61. The minimum absolute atomic E-state index is 0.0545. The van der Waals surface area contributed by atoms with Crippen LogP contribution < -0.4 is 10.5 Å². The van der Waals surface area contributed by atoms with Crippen molar-refractivity contribution >= 4 is 37.6 Å². The van der Waals surface area contributed by atoms with E-state index in [-0.39, 0.29) is 22.5 Å². The van der Waals surface area contributed by atoms with Crippen LogP contribution in [0.15, 0.2) is 27.6 Å². The van der Waals surface area contributed by atoms with Gasteiger partial charge in [-0.2, -0.15) is 0 Å². The normalized spacial score (nSPS) is 13.8. The predicted octanol–water partition coefficient (Wildman–Crippen LogP) is 2.75. The topological polar surface area (TPSA) is 72.2 Å². The summed E-state index contributed by atoms with van der Waals surface area (Å²) in [4.78, 5) is 0.0545. The average molecular weight is 370 g/mol. The Hall–Kier alpha value is -0.140. The van der Waals surface area contributed by atoms with Crippen LogP contribution in [0, 0.1) is 5.92 Å². The highest BCUT2D eigenvalue weighted by molar-refractivity contribution is 9.10. The van der Waals surface area contributed by atoms with E-state index in [2.05, 4.69) is 20.7 Å². The fraction of sp³-hybridized carbons (Fsp3) is 0.500. The lowest BCUT2D eigenvalue weighted by Crippen LogP contribution is -2.41. The third-order valence-electron chi connectivity index (χ3n) is 2.55. The molecule has 1 aromatic carbocycles. The molecular formula is C12H18BrClN2O2S. The van der Waals surface area contributed by atoms with Crippen LogP contribution in [0.25, 0.3) is 0 Å². The van der Waals surface area contributed by atoms with Crippen molar-refractivity contribution in [3.63, 3.8) is 0 Å². The van der Waals surface area contributed by atoms with E-state index >= 15 is 0 Å². The molecule has 0 aliphatic rings. The Kier molecular flexibility index (Phi) is 6.26. The molecule has 0 bridgehead atoms. The quantitative estimate of drug-likeness (QED) is 0.810. The molecule has 0 fully saturated rings. The molecular weight excluding hydrogens is 352 g/mol. The Bertz CT molecular complexity index is 514. The fourth-order valence-electron chi connectivity index (χ4n) is 1.78. The molecule has 4 nitrogen and oxygen atoms in total. The molecule has 1 atom stereocenters. The molecule has 7 heteroatoms. The predicted molar refractivity (Wildman–Crippen MR) is 81.8 cm³/mol. The summed E-state index contributed by atoms with van der Waals surface area (Å²) in [5, 5.41) is 0.183. The summed E-state index contributed by atoms with van der Waals surface area (Å²) in [6.45, 7) is 4.28. The van der Waals surface area contributed by atoms with Crippen LogP contribution in [0.2, 0.25) is 5.02 Å². The first-order valence-electron chi connectivity index (χ1n) is 5.94. The lowest BCUT2D eigenvalue weighted by atomic mass is 10.1. The van der Waals surface area contributed by atoms with Gasteiger partial charge >= 0.3 is 0 Å². The number of benzene rings is 1. The van der Waals surface area contributed by atoms with Crippen molar-refractivity contribution in [2.45, 2.75) is 31.2 Å². The summed E-state index contributed by atoms with van der Waals surface area (Å²) in [7, 11) is -3.69. The van der Waals surface area contributed by atoms with Gasteiger partial charge in [-0.1, -0.05) is 31.5 Å². The van der Waals surface area contributed by atoms with Crippen molar-refractivity contribution in [1.29, 1.82) is 0 Å². The summed E-state index contributed by atoms with van der Waals surface area (Å²) in [5.74, 6) is 0.353. The third-order valence-corrected chi connectivity index (χ3v) is 5.52. The van der Waals surface area contributed by atoms with E-state index in [1.54, 1.807) is 18.2 Å². The Balaban J connectivity index is 3.04. The second-order valence-electron chi connectivity index (χ2n) is 4.73. The van der Waals surface area contributed by atoms with E-state index in [0.29, 0.717) is 16.8 Å². The maximum absolute atomic E-state index is 12.3. The lowest BCUT2D eigenvalue weighted by molar-refractivity contribution is 0.465. The van der Waals surface area contributed by atoms with Gasteiger partial charge in [0.05, 0.1) is 5.02 Å². The number of rotatable bonds is 6. The van der Waals surface area contributed by atoms with Crippen LogP contribution in [0.1, 0.15) is 20.3 Å². The van der Waals surface area contributed by atoms with Gasteiger partial charge in [0.25, 0.3) is 0 Å². The maximum Gasteiger partial charge on any atom is 0.243 e. The van der Waals surface area contributed by atoms with Crippen molar-refractivity contribution in [3.8, 4) is 0 Å². The molecule has 0 amide bonds. The van der Waals surface area contributed by atoms with E-state index < -0.39 is 10.0 Å². The molecule has 108 valence electrons. The largest absolute Gasteiger partial charge is 0.329 e. The van der Waals surface area contributed by atoms with Crippen LogP contribution in [-0.2, 0) is 10.0 Å². The fourth-order valence-corrected chi connectivity index (χ4v) is 4.78. The van der Waals surface area contributed by atoms with Gasteiger partial charge in [0.1, 0.15) is 4.90 Å². The van der Waals surface area contributed by atoms with Gasteiger partial charge in [0.15, 0.2) is 0 Å². The molecule has 3 N–H and O–H groups in total. The van der Waals surface area contributed by atoms with Crippen molar-refractivity contribution in [1.82, 2.24) is 4.72 Å². The Morgan fingerprint density at radius 2 is 2.05 bits per heavy atom. The van der Waals surface area contributed by atoms with E-state index in [0.717, 1.165) is 0 Å². The molecule has 1 unspecified atom stereocenters. The average Bonchev–Trinajstić information content (AvgIpc) is 2.26. The van der Waals surface area contributed by atoms with Crippen molar-refractivity contribution in [2.24, 2.45) is 11.7 Å². The van der Waals surface area contributed by atoms with E-state index in [1.807, 2.05) is 13.8 Å². The van der Waals surface area contributed by atoms with E-state index in [9.17, 15) is 8.42 Å². The van der Waals surface area contributed by atoms with Crippen LogP contribution in [0.3, 0.4) is 0 Å². The van der Waals surface area contributed by atoms with Crippen LogP contribution in [-0.4, -0.2) is 21.0 Å². The molecule has 1 rings (SSSR count). The maximum atomic E-state index is 12.3. The van der Waals surface area contributed by atoms with Gasteiger partial charge in [-0.25, -0.2) is 13.1 Å². The molecule has 0 saturated carbocycles. The van der Waals surface area contributed by atoms with Crippen LogP contribution >= 0.6 is 27.5 Å². The number of hydrogen-bond donors (Lipinski definition) is 2. The molecule has 0 aromatic heterocycles. The molecule has 0 radical (unpaired) electrons. The number of sulfonamides is 1. The zero-order valence-electron chi connectivity index (χ0n) is 10.9. The van der Waals surface area contributed by atoms with Gasteiger partial charge in [-0.3, -0.25) is 0 Å². The third kappa shape index (κ3) is 4.72. The molecule has 0 aliphatic carbocycles. The van der Waals surface area contributed by atoms with Crippen molar-refractivity contribution in [3.05, 3.63) is 27.7 Å². The Morgan fingerprint density at radius 1 is 1.42 bits per heavy atom. The molecule has 0 saturated heterocycles. The van der Waals surface area contributed by atoms with E-state index in [4.69, 9.17) is 17.3 Å².